The smallest absolute Gasteiger partial charge is 0 e. The summed E-state index contributed by atoms with van der Waals surface area (Å²) in [6, 6.07) is 0. The Labute approximate surface area is 84.3 Å². The Hall–Kier alpha value is 2.79. The Morgan fingerprint density at radius 3 is 1.00 bits per heavy atom. The molecule has 0 rings (SSSR count). The first kappa shape index (κ1) is 29.2. The van der Waals surface area contributed by atoms with Crippen molar-refractivity contribution >= 4 is 25.8 Å². The van der Waals surface area contributed by atoms with Gasteiger partial charge in [-0.1, -0.05) is 0 Å². The summed E-state index contributed by atoms with van der Waals surface area (Å²) in [5.41, 5.74) is 0. The molecular formula is H3AgCuInPd. The maximum atomic E-state index is 0. The van der Waals surface area contributed by atoms with E-state index in [1.165, 1.54) is 0 Å². The first-order valence-corrected chi connectivity index (χ1v) is 0. The first-order chi connectivity index (χ1) is 0. The predicted octanol–water partition coefficient (Wildman–Crippen LogP) is -1.19. The van der Waals surface area contributed by atoms with Crippen molar-refractivity contribution in [1.29, 1.82) is 0 Å². The van der Waals surface area contributed by atoms with Crippen LogP contribution in [0.2, 0.25) is 0 Å². The van der Waals surface area contributed by atoms with Crippen LogP contribution in [0.1, 0.15) is 0 Å². The SMILES string of the molecule is [Ag].[Cu].[InH3].[Pd]. The zero-order valence-electron chi connectivity index (χ0n) is 0.919. The zero-order chi connectivity index (χ0) is 0. The summed E-state index contributed by atoms with van der Waals surface area (Å²) < 4.78 is 0. The van der Waals surface area contributed by atoms with E-state index in [1.807, 2.05) is 0 Å². The van der Waals surface area contributed by atoms with E-state index in [0.29, 0.717) is 0 Å². The van der Waals surface area contributed by atoms with Gasteiger partial charge in [-0.05, 0) is 0 Å². The van der Waals surface area contributed by atoms with Gasteiger partial charge in [0.1, 0.15) is 0 Å². The molecule has 0 heterocycles. The third-order valence-electron chi connectivity index (χ3n) is 0. The van der Waals surface area contributed by atoms with E-state index >= 15 is 0 Å². The number of rotatable bonds is 0. The molecule has 0 aliphatic carbocycles. The summed E-state index contributed by atoms with van der Waals surface area (Å²) in [5.74, 6) is 0. The topological polar surface area (TPSA) is 0 Å². The second-order valence-electron chi connectivity index (χ2n) is 0. The molecule has 0 saturated carbocycles. The third kappa shape index (κ3) is 8.84. The Morgan fingerprint density at radius 1 is 1.00 bits per heavy atom. The van der Waals surface area contributed by atoms with Gasteiger partial charge in [-0.15, -0.1) is 0 Å². The third-order valence-corrected chi connectivity index (χ3v) is 0. The van der Waals surface area contributed by atoms with Crippen LogP contribution in [0, 0.1) is 0 Å². The largest absolute Gasteiger partial charge is 0 e. The molecule has 0 nitrogen and oxygen atoms in total. The molecule has 0 aliphatic heterocycles. The van der Waals surface area contributed by atoms with Gasteiger partial charge in [0, 0.05) is 59.9 Å². The summed E-state index contributed by atoms with van der Waals surface area (Å²) in [6.45, 7) is 0. The van der Waals surface area contributed by atoms with Gasteiger partial charge in [0.25, 0.3) is 0 Å². The molecule has 0 N–H and O–H groups in total. The molecule has 0 unspecified atom stereocenters. The Bertz CT molecular complexity index is 8.00. The molecule has 4 heavy (non-hydrogen) atoms. The minimum absolute atomic E-state index is 0. The molecule has 0 aliphatic rings. The van der Waals surface area contributed by atoms with Crippen LogP contribution in [-0.4, -0.2) is 25.8 Å². The Kier molecular flexibility index (Phi) is 125. The fourth-order valence-electron chi connectivity index (χ4n) is 0. The molecule has 4 heteroatoms. The van der Waals surface area contributed by atoms with E-state index in [4.69, 9.17) is 0 Å². The molecule has 0 spiro atoms. The number of hydrogen-bond acceptors (Lipinski definition) is 0. The van der Waals surface area contributed by atoms with Gasteiger partial charge in [-0.3, -0.25) is 0 Å². The van der Waals surface area contributed by atoms with Crippen molar-refractivity contribution in [1.82, 2.24) is 0 Å². The minimum Gasteiger partial charge on any atom is 0 e. The molecule has 0 saturated heterocycles. The maximum Gasteiger partial charge on any atom is 0 e. The van der Waals surface area contributed by atoms with Gasteiger partial charge in [0.05, 0.1) is 0 Å². The first-order valence-electron chi connectivity index (χ1n) is 0. The van der Waals surface area contributed by atoms with Crippen molar-refractivity contribution in [3.63, 3.8) is 0 Å². The van der Waals surface area contributed by atoms with Crippen LogP contribution in [0.3, 0.4) is 0 Å². The summed E-state index contributed by atoms with van der Waals surface area (Å²) >= 11 is 0. The molecular weight excluding hydrogens is 393 g/mol. The van der Waals surface area contributed by atoms with E-state index in [0.717, 1.165) is 0 Å². The minimum atomic E-state index is 0. The van der Waals surface area contributed by atoms with E-state index in [2.05, 4.69) is 0 Å². The standard InChI is InChI=1S/Ag.Cu.In.Pd.3H. The van der Waals surface area contributed by atoms with E-state index in [-0.39, 0.29) is 85.7 Å². The van der Waals surface area contributed by atoms with Gasteiger partial charge in [0.15, 0.2) is 0 Å². The Balaban J connectivity index is 0. The molecule has 0 aromatic heterocycles. The average Bonchev–Trinajstić information content (AvgIpc) is 0. The van der Waals surface area contributed by atoms with Crippen LogP contribution in [0.4, 0.5) is 0 Å². The van der Waals surface area contributed by atoms with Crippen LogP contribution in [0.25, 0.3) is 0 Å². The summed E-state index contributed by atoms with van der Waals surface area (Å²) in [6.07, 6.45) is 0. The normalized spacial score (nSPS) is 0. The van der Waals surface area contributed by atoms with Crippen LogP contribution in [0.15, 0.2) is 0 Å². The average molecular weight is 396 g/mol. The maximum absolute atomic E-state index is 0. The van der Waals surface area contributed by atoms with Crippen molar-refractivity contribution in [2.24, 2.45) is 0 Å². The van der Waals surface area contributed by atoms with Crippen LogP contribution in [0.5, 0.6) is 0 Å². The zero-order valence-corrected chi connectivity index (χ0v) is 4.90. The van der Waals surface area contributed by atoms with Crippen LogP contribution < -0.4 is 0 Å². The molecule has 0 amide bonds. The second-order valence-corrected chi connectivity index (χ2v) is 0. The molecule has 0 aromatic rings. The molecule has 0 aromatic carbocycles. The van der Waals surface area contributed by atoms with E-state index < -0.39 is 0 Å². The van der Waals surface area contributed by atoms with Gasteiger partial charge < -0.3 is 0 Å². The second kappa shape index (κ2) is 17.1. The van der Waals surface area contributed by atoms with Crippen molar-refractivity contribution in [3.05, 3.63) is 0 Å². The monoisotopic (exact) mass is 394 g/mol. The van der Waals surface area contributed by atoms with Crippen LogP contribution >= 0.6 is 0 Å². The van der Waals surface area contributed by atoms with Gasteiger partial charge in [0.2, 0.25) is 0 Å². The van der Waals surface area contributed by atoms with Crippen molar-refractivity contribution in [2.75, 3.05) is 0 Å². The van der Waals surface area contributed by atoms with Crippen molar-refractivity contribution < 1.29 is 59.9 Å². The fraction of sp³-hybridized carbons (Fsp3) is 0. The van der Waals surface area contributed by atoms with Gasteiger partial charge in [-0.25, -0.2) is 0 Å². The molecule has 0 atom stereocenters. The van der Waals surface area contributed by atoms with E-state index in [9.17, 15) is 0 Å². The van der Waals surface area contributed by atoms with Crippen LogP contribution in [-0.2, 0) is 59.9 Å². The quantitative estimate of drug-likeness (QED) is 0.453. The van der Waals surface area contributed by atoms with E-state index in [1.54, 1.807) is 0 Å². The fourth-order valence-corrected chi connectivity index (χ4v) is 0. The summed E-state index contributed by atoms with van der Waals surface area (Å²) in [5, 5.41) is 0. The summed E-state index contributed by atoms with van der Waals surface area (Å²) in [7, 11) is 0. The molecule has 0 bridgehead atoms. The summed E-state index contributed by atoms with van der Waals surface area (Å²) in [4.78, 5) is 0. The molecule has 2 radical (unpaired) electrons. The molecule has 38 valence electrons. The predicted molar refractivity (Wildman–Crippen MR) is 9.94 cm³/mol. The van der Waals surface area contributed by atoms with Crippen molar-refractivity contribution in [3.8, 4) is 0 Å². The van der Waals surface area contributed by atoms with Gasteiger partial charge >= 0.3 is 25.8 Å². The number of hydrogen-bond donors (Lipinski definition) is 0. The molecule has 0 fully saturated rings. The van der Waals surface area contributed by atoms with Crippen molar-refractivity contribution in [2.45, 2.75) is 0 Å². The van der Waals surface area contributed by atoms with Gasteiger partial charge in [-0.2, -0.15) is 0 Å². The Morgan fingerprint density at radius 2 is 1.00 bits per heavy atom.